The van der Waals surface area contributed by atoms with Crippen LogP contribution in [0.15, 0.2) is 12.4 Å². The summed E-state index contributed by atoms with van der Waals surface area (Å²) >= 11 is 0. The molecule has 1 saturated heterocycles. The number of nitrogens with one attached hydrogen (secondary N) is 1. The summed E-state index contributed by atoms with van der Waals surface area (Å²) in [7, 11) is 3.34. The Balaban J connectivity index is 2.06. The Labute approximate surface area is 106 Å². The van der Waals surface area contributed by atoms with Gasteiger partial charge in [0.2, 0.25) is 0 Å². The summed E-state index contributed by atoms with van der Waals surface area (Å²) in [6.07, 6.45) is 5.26. The number of carbonyl (C=O) groups is 1. The average molecular weight is 250 g/mol. The highest BCUT2D eigenvalue weighted by Gasteiger charge is 2.19. The minimum atomic E-state index is -0.460. The fraction of sp³-hybridized carbons (Fsp3) is 0.583. The second kappa shape index (κ2) is 5.77. The molecule has 0 unspecified atom stereocenters. The smallest absolute Gasteiger partial charge is 0.358 e. The first-order valence-corrected chi connectivity index (χ1v) is 6.06. The summed E-state index contributed by atoms with van der Waals surface area (Å²) in [4.78, 5) is 21.7. The van der Waals surface area contributed by atoms with Gasteiger partial charge in [0.05, 0.1) is 19.5 Å². The highest BCUT2D eigenvalue weighted by molar-refractivity contribution is 5.86. The van der Waals surface area contributed by atoms with Crippen LogP contribution in [0.1, 0.15) is 23.3 Å². The van der Waals surface area contributed by atoms with Crippen molar-refractivity contribution in [1.29, 1.82) is 0 Å². The first-order valence-electron chi connectivity index (χ1n) is 6.06. The number of nitrogens with zero attached hydrogens (tertiary/aromatic N) is 3. The third-order valence-corrected chi connectivity index (χ3v) is 3.25. The molecule has 2 heterocycles. The quantitative estimate of drug-likeness (QED) is 0.786. The van der Waals surface area contributed by atoms with Crippen molar-refractivity contribution >= 4 is 11.8 Å². The molecule has 1 aromatic rings. The van der Waals surface area contributed by atoms with Crippen molar-refractivity contribution in [1.82, 2.24) is 15.3 Å². The van der Waals surface area contributed by atoms with Crippen molar-refractivity contribution in [3.8, 4) is 0 Å². The highest BCUT2D eigenvalue weighted by atomic mass is 16.5. The van der Waals surface area contributed by atoms with E-state index in [4.69, 9.17) is 0 Å². The molecule has 98 valence electrons. The number of methoxy groups -OCH3 is 1. The zero-order valence-corrected chi connectivity index (χ0v) is 10.7. The molecule has 1 aliphatic heterocycles. The molecule has 0 spiro atoms. The van der Waals surface area contributed by atoms with Crippen molar-refractivity contribution in [3.05, 3.63) is 18.1 Å². The maximum atomic E-state index is 11.2. The number of anilines is 1. The third-order valence-electron chi connectivity index (χ3n) is 3.25. The van der Waals surface area contributed by atoms with Crippen LogP contribution in [0, 0.1) is 0 Å². The molecule has 1 aromatic heterocycles. The lowest BCUT2D eigenvalue weighted by Crippen LogP contribution is -2.41. The molecule has 6 heteroatoms. The van der Waals surface area contributed by atoms with Crippen molar-refractivity contribution < 1.29 is 9.53 Å². The zero-order chi connectivity index (χ0) is 13.0. The standard InChI is InChI=1S/C12H18N4O2/c1-16(9-3-5-13-6-4-9)11-8-14-10(7-15-11)12(17)18-2/h7-9,13H,3-6H2,1-2H3. The molecule has 0 radical (unpaired) electrons. The zero-order valence-electron chi connectivity index (χ0n) is 10.7. The molecule has 0 aromatic carbocycles. The Morgan fingerprint density at radius 1 is 1.39 bits per heavy atom. The van der Waals surface area contributed by atoms with E-state index in [1.54, 1.807) is 6.20 Å². The number of aromatic nitrogens is 2. The van der Waals surface area contributed by atoms with Crippen molar-refractivity contribution in [3.63, 3.8) is 0 Å². The summed E-state index contributed by atoms with van der Waals surface area (Å²) in [5.74, 6) is 0.327. The van der Waals surface area contributed by atoms with Gasteiger partial charge in [-0.3, -0.25) is 0 Å². The molecule has 0 aliphatic carbocycles. The summed E-state index contributed by atoms with van der Waals surface area (Å²) in [6, 6.07) is 0.476. The number of ether oxygens (including phenoxy) is 1. The minimum absolute atomic E-state index is 0.236. The van der Waals surface area contributed by atoms with Crippen molar-refractivity contribution in [2.45, 2.75) is 18.9 Å². The Bertz CT molecular complexity index is 401. The Morgan fingerprint density at radius 3 is 2.67 bits per heavy atom. The molecule has 2 rings (SSSR count). The SMILES string of the molecule is COC(=O)c1cnc(N(C)C2CCNCC2)cn1. The van der Waals surface area contributed by atoms with E-state index in [1.165, 1.54) is 13.3 Å². The summed E-state index contributed by atoms with van der Waals surface area (Å²) in [6.45, 7) is 2.06. The van der Waals surface area contributed by atoms with E-state index in [-0.39, 0.29) is 5.69 Å². The molecule has 0 saturated carbocycles. The monoisotopic (exact) mass is 250 g/mol. The van der Waals surface area contributed by atoms with Crippen LogP contribution in [0.4, 0.5) is 5.82 Å². The van der Waals surface area contributed by atoms with Gasteiger partial charge in [-0.25, -0.2) is 14.8 Å². The Morgan fingerprint density at radius 2 is 2.11 bits per heavy atom. The fourth-order valence-corrected chi connectivity index (χ4v) is 2.09. The topological polar surface area (TPSA) is 67.3 Å². The fourth-order valence-electron chi connectivity index (χ4n) is 2.09. The second-order valence-electron chi connectivity index (χ2n) is 4.34. The number of rotatable bonds is 3. The predicted molar refractivity (Wildman–Crippen MR) is 67.7 cm³/mol. The Kier molecular flexibility index (Phi) is 4.09. The number of hydrogen-bond acceptors (Lipinski definition) is 6. The normalized spacial score (nSPS) is 16.3. The summed E-state index contributed by atoms with van der Waals surface area (Å²) in [5, 5.41) is 3.33. The van der Waals surface area contributed by atoms with E-state index >= 15 is 0 Å². The number of hydrogen-bond donors (Lipinski definition) is 1. The first-order chi connectivity index (χ1) is 8.72. The van der Waals surface area contributed by atoms with E-state index in [0.717, 1.165) is 31.7 Å². The van der Waals surface area contributed by atoms with E-state index in [2.05, 4.69) is 24.9 Å². The largest absolute Gasteiger partial charge is 0.464 e. The minimum Gasteiger partial charge on any atom is -0.464 e. The van der Waals surface area contributed by atoms with E-state index in [9.17, 15) is 4.79 Å². The van der Waals surface area contributed by atoms with Gasteiger partial charge < -0.3 is 15.0 Å². The van der Waals surface area contributed by atoms with Gasteiger partial charge >= 0.3 is 5.97 Å². The van der Waals surface area contributed by atoms with Gasteiger partial charge in [-0.1, -0.05) is 0 Å². The summed E-state index contributed by atoms with van der Waals surface area (Å²) < 4.78 is 4.59. The highest BCUT2D eigenvalue weighted by Crippen LogP contribution is 2.16. The first kappa shape index (κ1) is 12.8. The van der Waals surface area contributed by atoms with Gasteiger partial charge in [-0.15, -0.1) is 0 Å². The second-order valence-corrected chi connectivity index (χ2v) is 4.34. The molecule has 18 heavy (non-hydrogen) atoms. The molecule has 1 aliphatic rings. The summed E-state index contributed by atoms with van der Waals surface area (Å²) in [5.41, 5.74) is 0.236. The van der Waals surface area contributed by atoms with Gasteiger partial charge in [0.15, 0.2) is 5.69 Å². The van der Waals surface area contributed by atoms with E-state index < -0.39 is 5.97 Å². The van der Waals surface area contributed by atoms with E-state index in [1.807, 2.05) is 7.05 Å². The molecule has 1 fully saturated rings. The number of carbonyl (C=O) groups excluding carboxylic acids is 1. The van der Waals surface area contributed by atoms with E-state index in [0.29, 0.717) is 6.04 Å². The predicted octanol–water partition coefficient (Wildman–Crippen LogP) is 0.451. The molecular weight excluding hydrogens is 232 g/mol. The van der Waals surface area contributed by atoms with Gasteiger partial charge in [-0.2, -0.15) is 0 Å². The average Bonchev–Trinajstić information content (AvgIpc) is 2.47. The van der Waals surface area contributed by atoms with Crippen molar-refractivity contribution in [2.24, 2.45) is 0 Å². The molecule has 0 amide bonds. The van der Waals surface area contributed by atoms with Gasteiger partial charge in [0, 0.05) is 13.1 Å². The maximum Gasteiger partial charge on any atom is 0.358 e. The van der Waals surface area contributed by atoms with Crippen LogP contribution in [0.25, 0.3) is 0 Å². The maximum absolute atomic E-state index is 11.2. The van der Waals surface area contributed by atoms with Crippen LogP contribution in [-0.4, -0.2) is 49.2 Å². The lowest BCUT2D eigenvalue weighted by molar-refractivity contribution is 0.0593. The van der Waals surface area contributed by atoms with Crippen molar-refractivity contribution in [2.75, 3.05) is 32.1 Å². The van der Waals surface area contributed by atoms with Crippen LogP contribution in [0.3, 0.4) is 0 Å². The molecule has 0 bridgehead atoms. The molecule has 1 N–H and O–H groups in total. The lowest BCUT2D eigenvalue weighted by Gasteiger charge is -2.32. The van der Waals surface area contributed by atoms with Crippen LogP contribution >= 0.6 is 0 Å². The molecule has 6 nitrogen and oxygen atoms in total. The Hall–Kier alpha value is -1.69. The van der Waals surface area contributed by atoms with Crippen LogP contribution in [0.2, 0.25) is 0 Å². The van der Waals surface area contributed by atoms with Gasteiger partial charge in [0.25, 0.3) is 0 Å². The number of esters is 1. The lowest BCUT2D eigenvalue weighted by atomic mass is 10.1. The van der Waals surface area contributed by atoms with Crippen LogP contribution in [-0.2, 0) is 4.74 Å². The van der Waals surface area contributed by atoms with Gasteiger partial charge in [0.1, 0.15) is 5.82 Å². The van der Waals surface area contributed by atoms with Crippen LogP contribution < -0.4 is 10.2 Å². The van der Waals surface area contributed by atoms with Gasteiger partial charge in [-0.05, 0) is 25.9 Å². The molecule has 0 atom stereocenters. The third kappa shape index (κ3) is 2.76. The molecular formula is C12H18N4O2. The number of piperidine rings is 1. The van der Waals surface area contributed by atoms with Crippen LogP contribution in [0.5, 0.6) is 0 Å².